The average Bonchev–Trinajstić information content (AvgIpc) is 2.55. The van der Waals surface area contributed by atoms with Crippen LogP contribution in [0.5, 0.6) is 11.5 Å². The molecule has 1 aromatic heterocycles. The molecule has 0 atom stereocenters. The molecule has 0 N–H and O–H groups in total. The molecule has 2 aromatic carbocycles. The molecule has 0 unspecified atom stereocenters. The van der Waals surface area contributed by atoms with Gasteiger partial charge in [-0.25, -0.2) is 14.2 Å². The van der Waals surface area contributed by atoms with Crippen molar-refractivity contribution in [3.63, 3.8) is 0 Å². The van der Waals surface area contributed by atoms with Gasteiger partial charge < -0.3 is 13.9 Å². The summed E-state index contributed by atoms with van der Waals surface area (Å²) in [5.74, 6) is 0.277. The lowest BCUT2D eigenvalue weighted by molar-refractivity contribution is 0.311. The Morgan fingerprint density at radius 1 is 1.22 bits per heavy atom. The highest BCUT2D eigenvalue weighted by Crippen LogP contribution is 2.31. The number of hydrogen-bond acceptors (Lipinski definition) is 5. The Bertz CT molecular complexity index is 920. The van der Waals surface area contributed by atoms with Crippen LogP contribution in [0.3, 0.4) is 0 Å². The Morgan fingerprint density at radius 3 is 2.70 bits per heavy atom. The van der Waals surface area contributed by atoms with Crippen LogP contribution in [0, 0.1) is 5.82 Å². The number of ether oxygens (including phenoxy) is 2. The number of aromatic nitrogens is 1. The van der Waals surface area contributed by atoms with E-state index in [0.717, 1.165) is 0 Å². The van der Waals surface area contributed by atoms with E-state index >= 15 is 0 Å². The first-order chi connectivity index (χ1) is 11.1. The number of methoxy groups -OCH3 is 1. The third-order valence-electron chi connectivity index (χ3n) is 3.32. The van der Waals surface area contributed by atoms with E-state index in [2.05, 4.69) is 4.98 Å². The van der Waals surface area contributed by atoms with E-state index in [0.29, 0.717) is 23.6 Å². The standard InChI is InChI=1S/C17H14FNO4/c1-3-22-15-8-11-13(9-14(15)21-2)19-16(23-17(11)20)10-6-4-5-7-12(10)18/h4-9H,3H2,1-2H3. The zero-order valence-corrected chi connectivity index (χ0v) is 12.6. The number of hydrogen-bond donors (Lipinski definition) is 0. The Morgan fingerprint density at radius 2 is 2.00 bits per heavy atom. The molecule has 0 aliphatic carbocycles. The van der Waals surface area contributed by atoms with Gasteiger partial charge in [0.2, 0.25) is 5.89 Å². The van der Waals surface area contributed by atoms with E-state index < -0.39 is 11.4 Å². The van der Waals surface area contributed by atoms with Crippen molar-refractivity contribution in [3.8, 4) is 23.0 Å². The van der Waals surface area contributed by atoms with Gasteiger partial charge in [-0.3, -0.25) is 0 Å². The van der Waals surface area contributed by atoms with Crippen LogP contribution in [-0.2, 0) is 0 Å². The summed E-state index contributed by atoms with van der Waals surface area (Å²) in [4.78, 5) is 16.4. The minimum atomic E-state index is -0.614. The van der Waals surface area contributed by atoms with Crippen LogP contribution in [0.4, 0.5) is 4.39 Å². The van der Waals surface area contributed by atoms with Crippen molar-refractivity contribution in [1.82, 2.24) is 4.98 Å². The van der Waals surface area contributed by atoms with E-state index in [4.69, 9.17) is 13.9 Å². The third kappa shape index (κ3) is 2.75. The molecule has 3 aromatic rings. The molecule has 0 saturated heterocycles. The maximum Gasteiger partial charge on any atom is 0.347 e. The summed E-state index contributed by atoms with van der Waals surface area (Å²) in [6.45, 7) is 2.25. The summed E-state index contributed by atoms with van der Waals surface area (Å²) in [7, 11) is 1.49. The van der Waals surface area contributed by atoms with Gasteiger partial charge in [-0.05, 0) is 19.1 Å². The van der Waals surface area contributed by atoms with Crippen molar-refractivity contribution in [3.05, 3.63) is 52.6 Å². The largest absolute Gasteiger partial charge is 0.493 e. The second kappa shape index (κ2) is 6.08. The summed E-state index contributed by atoms with van der Waals surface area (Å²) in [5.41, 5.74) is -0.143. The minimum Gasteiger partial charge on any atom is -0.493 e. The minimum absolute atomic E-state index is 0.0770. The highest BCUT2D eigenvalue weighted by Gasteiger charge is 2.15. The molecule has 118 valence electrons. The highest BCUT2D eigenvalue weighted by atomic mass is 19.1. The van der Waals surface area contributed by atoms with E-state index in [-0.39, 0.29) is 16.8 Å². The molecule has 0 saturated carbocycles. The number of benzene rings is 2. The smallest absolute Gasteiger partial charge is 0.347 e. The first-order valence-corrected chi connectivity index (χ1v) is 7.04. The van der Waals surface area contributed by atoms with Gasteiger partial charge in [-0.2, -0.15) is 0 Å². The van der Waals surface area contributed by atoms with Crippen LogP contribution in [0.2, 0.25) is 0 Å². The summed E-state index contributed by atoms with van der Waals surface area (Å²) in [5, 5.41) is 0.245. The highest BCUT2D eigenvalue weighted by molar-refractivity contribution is 5.82. The van der Waals surface area contributed by atoms with E-state index in [9.17, 15) is 9.18 Å². The lowest BCUT2D eigenvalue weighted by atomic mass is 10.2. The molecule has 0 amide bonds. The predicted molar refractivity (Wildman–Crippen MR) is 83.4 cm³/mol. The van der Waals surface area contributed by atoms with Gasteiger partial charge in [0, 0.05) is 12.1 Å². The van der Waals surface area contributed by atoms with E-state index in [1.807, 2.05) is 6.92 Å². The SMILES string of the molecule is CCOc1cc2c(=O)oc(-c3ccccc3F)nc2cc1OC. The first kappa shape index (κ1) is 15.0. The van der Waals surface area contributed by atoms with Crippen LogP contribution in [0.25, 0.3) is 22.4 Å². The van der Waals surface area contributed by atoms with Gasteiger partial charge in [0.05, 0.1) is 30.2 Å². The number of halogens is 1. The lowest BCUT2D eigenvalue weighted by Crippen LogP contribution is -2.05. The third-order valence-corrected chi connectivity index (χ3v) is 3.32. The average molecular weight is 315 g/mol. The molecule has 0 radical (unpaired) electrons. The quantitative estimate of drug-likeness (QED) is 0.738. The number of fused-ring (bicyclic) bond motifs is 1. The summed E-state index contributed by atoms with van der Waals surface area (Å²) in [6.07, 6.45) is 0. The summed E-state index contributed by atoms with van der Waals surface area (Å²) < 4.78 is 29.7. The molecular formula is C17H14FNO4. The molecule has 0 aliphatic rings. The molecule has 1 heterocycles. The second-order valence-electron chi connectivity index (χ2n) is 4.74. The second-order valence-corrected chi connectivity index (χ2v) is 4.74. The number of nitrogens with zero attached hydrogens (tertiary/aromatic N) is 1. The van der Waals surface area contributed by atoms with E-state index in [1.54, 1.807) is 18.2 Å². The predicted octanol–water partition coefficient (Wildman–Crippen LogP) is 3.40. The normalized spacial score (nSPS) is 10.7. The molecule has 3 rings (SSSR count). The van der Waals surface area contributed by atoms with Crippen LogP contribution in [0.1, 0.15) is 6.92 Å². The fraction of sp³-hybridized carbons (Fsp3) is 0.176. The Hall–Kier alpha value is -2.89. The van der Waals surface area contributed by atoms with Gasteiger partial charge >= 0.3 is 5.63 Å². The van der Waals surface area contributed by atoms with Crippen molar-refractivity contribution in [2.24, 2.45) is 0 Å². The maximum absolute atomic E-state index is 13.9. The monoisotopic (exact) mass is 315 g/mol. The Kier molecular flexibility index (Phi) is 3.97. The zero-order chi connectivity index (χ0) is 16.4. The molecule has 0 aliphatic heterocycles. The summed E-state index contributed by atoms with van der Waals surface area (Å²) >= 11 is 0. The maximum atomic E-state index is 13.9. The van der Waals surface area contributed by atoms with Crippen molar-refractivity contribution in [2.75, 3.05) is 13.7 Å². The molecule has 23 heavy (non-hydrogen) atoms. The van der Waals surface area contributed by atoms with Gasteiger partial charge in [-0.15, -0.1) is 0 Å². The van der Waals surface area contributed by atoms with Crippen LogP contribution >= 0.6 is 0 Å². The molecule has 0 spiro atoms. The Balaban J connectivity index is 2.24. The first-order valence-electron chi connectivity index (χ1n) is 7.04. The molecule has 5 nitrogen and oxygen atoms in total. The Labute approximate surface area is 131 Å². The van der Waals surface area contributed by atoms with Gasteiger partial charge in [0.1, 0.15) is 5.82 Å². The molecular weight excluding hydrogens is 301 g/mol. The lowest BCUT2D eigenvalue weighted by Gasteiger charge is -2.10. The zero-order valence-electron chi connectivity index (χ0n) is 12.6. The van der Waals surface area contributed by atoms with Gasteiger partial charge in [0.15, 0.2) is 11.5 Å². The van der Waals surface area contributed by atoms with Crippen molar-refractivity contribution in [1.29, 1.82) is 0 Å². The van der Waals surface area contributed by atoms with Crippen LogP contribution in [0.15, 0.2) is 45.6 Å². The van der Waals surface area contributed by atoms with Crippen molar-refractivity contribution < 1.29 is 18.3 Å². The van der Waals surface area contributed by atoms with Crippen LogP contribution in [-0.4, -0.2) is 18.7 Å². The fourth-order valence-corrected chi connectivity index (χ4v) is 2.26. The number of rotatable bonds is 4. The molecule has 0 bridgehead atoms. The van der Waals surface area contributed by atoms with Gasteiger partial charge in [-0.1, -0.05) is 12.1 Å². The topological polar surface area (TPSA) is 61.6 Å². The fourth-order valence-electron chi connectivity index (χ4n) is 2.26. The molecule has 6 heteroatoms. The van der Waals surface area contributed by atoms with Crippen LogP contribution < -0.4 is 15.1 Å². The summed E-state index contributed by atoms with van der Waals surface area (Å²) in [6, 6.07) is 9.06. The van der Waals surface area contributed by atoms with Crippen molar-refractivity contribution >= 4 is 10.9 Å². The van der Waals surface area contributed by atoms with Gasteiger partial charge in [0.25, 0.3) is 0 Å². The van der Waals surface area contributed by atoms with Crippen molar-refractivity contribution in [2.45, 2.75) is 6.92 Å². The molecule has 0 fully saturated rings. The van der Waals surface area contributed by atoms with E-state index in [1.165, 1.54) is 25.3 Å².